The van der Waals surface area contributed by atoms with Crippen LogP contribution >= 0.6 is 0 Å². The zero-order valence-electron chi connectivity index (χ0n) is 12.6. The first-order valence-electron chi connectivity index (χ1n) is 7.35. The topological polar surface area (TPSA) is 92.4 Å². The molecule has 0 spiro atoms. The third kappa shape index (κ3) is 3.56. The molecule has 21 heavy (non-hydrogen) atoms. The van der Waals surface area contributed by atoms with Crippen molar-refractivity contribution >= 4 is 15.7 Å². The molecule has 0 aliphatic heterocycles. The fraction of sp³-hybridized carbons (Fsp3) is 0.600. The van der Waals surface area contributed by atoms with E-state index < -0.39 is 10.0 Å². The highest BCUT2D eigenvalue weighted by Crippen LogP contribution is 2.27. The minimum atomic E-state index is -3.66. The van der Waals surface area contributed by atoms with E-state index in [9.17, 15) is 13.5 Å². The Morgan fingerprint density at radius 2 is 1.86 bits per heavy atom. The number of rotatable bonds is 4. The van der Waals surface area contributed by atoms with Crippen LogP contribution in [0.4, 0.5) is 5.69 Å². The van der Waals surface area contributed by atoms with Crippen LogP contribution in [0.1, 0.15) is 36.8 Å². The highest BCUT2D eigenvalue weighted by Gasteiger charge is 2.30. The number of hydrogen-bond donors (Lipinski definition) is 3. The number of nitrogens with one attached hydrogen (secondary N) is 1. The van der Waals surface area contributed by atoms with Gasteiger partial charge in [0.15, 0.2) is 0 Å². The number of hydrogen-bond acceptors (Lipinski definition) is 4. The van der Waals surface area contributed by atoms with Crippen LogP contribution in [0.25, 0.3) is 0 Å². The molecule has 2 unspecified atom stereocenters. The molecule has 0 heterocycles. The van der Waals surface area contributed by atoms with Gasteiger partial charge in [0.25, 0.3) is 0 Å². The molecule has 0 radical (unpaired) electrons. The standard InChI is InChI=1S/C15H24N2O3S/c1-10-7-13(16)15(8-11(10)2)21(19,20)17-14-6-4-3-5-12(14)9-18/h7-8,12,14,17-18H,3-6,9,16H2,1-2H3. The van der Waals surface area contributed by atoms with Gasteiger partial charge in [0.2, 0.25) is 10.0 Å². The number of sulfonamides is 1. The SMILES string of the molecule is Cc1cc(N)c(S(=O)(=O)NC2CCCCC2CO)cc1C. The molecule has 1 aromatic carbocycles. The third-order valence-electron chi connectivity index (χ3n) is 4.37. The van der Waals surface area contributed by atoms with Crippen molar-refractivity contribution in [1.82, 2.24) is 4.72 Å². The molecule has 0 amide bonds. The van der Waals surface area contributed by atoms with E-state index in [1.54, 1.807) is 12.1 Å². The van der Waals surface area contributed by atoms with Gasteiger partial charge in [-0.1, -0.05) is 12.8 Å². The Labute approximate surface area is 126 Å². The van der Waals surface area contributed by atoms with E-state index in [4.69, 9.17) is 5.73 Å². The first kappa shape index (κ1) is 16.3. The van der Waals surface area contributed by atoms with Gasteiger partial charge in [0, 0.05) is 12.6 Å². The van der Waals surface area contributed by atoms with E-state index >= 15 is 0 Å². The quantitative estimate of drug-likeness (QED) is 0.738. The summed E-state index contributed by atoms with van der Waals surface area (Å²) in [5, 5.41) is 9.40. The van der Waals surface area contributed by atoms with Gasteiger partial charge in [-0.25, -0.2) is 13.1 Å². The predicted octanol–water partition coefficient (Wildman–Crippen LogP) is 1.72. The van der Waals surface area contributed by atoms with Crippen molar-refractivity contribution in [1.29, 1.82) is 0 Å². The first-order valence-corrected chi connectivity index (χ1v) is 8.83. The van der Waals surface area contributed by atoms with Crippen molar-refractivity contribution in [2.24, 2.45) is 5.92 Å². The molecule has 0 bridgehead atoms. The Balaban J connectivity index is 2.28. The molecule has 0 saturated heterocycles. The predicted molar refractivity (Wildman–Crippen MR) is 83.5 cm³/mol. The molecule has 4 N–H and O–H groups in total. The second-order valence-electron chi connectivity index (χ2n) is 5.93. The van der Waals surface area contributed by atoms with Crippen LogP contribution in [0.2, 0.25) is 0 Å². The molecule has 2 rings (SSSR count). The van der Waals surface area contributed by atoms with Crippen molar-refractivity contribution in [2.45, 2.75) is 50.5 Å². The first-order chi connectivity index (χ1) is 9.85. The van der Waals surface area contributed by atoms with Crippen LogP contribution in [0.3, 0.4) is 0 Å². The second kappa shape index (κ2) is 6.34. The van der Waals surface area contributed by atoms with Crippen molar-refractivity contribution in [2.75, 3.05) is 12.3 Å². The molecule has 1 aliphatic rings. The average Bonchev–Trinajstić information content (AvgIpc) is 2.43. The van der Waals surface area contributed by atoms with Crippen molar-refractivity contribution in [3.05, 3.63) is 23.3 Å². The zero-order chi connectivity index (χ0) is 15.6. The lowest BCUT2D eigenvalue weighted by Crippen LogP contribution is -2.43. The van der Waals surface area contributed by atoms with Crippen LogP contribution in [0, 0.1) is 19.8 Å². The second-order valence-corrected chi connectivity index (χ2v) is 7.61. The Bertz CT molecular complexity index is 614. The van der Waals surface area contributed by atoms with Gasteiger partial charge in [-0.3, -0.25) is 0 Å². The maximum atomic E-state index is 12.6. The van der Waals surface area contributed by atoms with Crippen LogP contribution in [-0.4, -0.2) is 26.2 Å². The smallest absolute Gasteiger partial charge is 0.242 e. The fourth-order valence-corrected chi connectivity index (χ4v) is 4.43. The number of benzene rings is 1. The number of aryl methyl sites for hydroxylation is 2. The monoisotopic (exact) mass is 312 g/mol. The van der Waals surface area contributed by atoms with Gasteiger partial charge in [-0.2, -0.15) is 0 Å². The van der Waals surface area contributed by atoms with Crippen LogP contribution in [0.5, 0.6) is 0 Å². The molecule has 2 atom stereocenters. The number of nitrogens with two attached hydrogens (primary N) is 1. The van der Waals surface area contributed by atoms with Crippen LogP contribution in [-0.2, 0) is 10.0 Å². The molecular weight excluding hydrogens is 288 g/mol. The molecule has 1 aliphatic carbocycles. The molecule has 118 valence electrons. The maximum Gasteiger partial charge on any atom is 0.242 e. The normalized spacial score (nSPS) is 23.2. The Morgan fingerprint density at radius 3 is 2.52 bits per heavy atom. The number of nitrogen functional groups attached to an aromatic ring is 1. The Morgan fingerprint density at radius 1 is 1.24 bits per heavy atom. The summed E-state index contributed by atoms with van der Waals surface area (Å²) in [6.45, 7) is 3.78. The van der Waals surface area contributed by atoms with Crippen molar-refractivity contribution < 1.29 is 13.5 Å². The van der Waals surface area contributed by atoms with Crippen molar-refractivity contribution in [3.63, 3.8) is 0 Å². The van der Waals surface area contributed by atoms with Crippen LogP contribution in [0.15, 0.2) is 17.0 Å². The lowest BCUT2D eigenvalue weighted by atomic mass is 9.86. The fourth-order valence-electron chi connectivity index (χ4n) is 2.89. The molecule has 1 aromatic rings. The van der Waals surface area contributed by atoms with Gasteiger partial charge in [-0.05, 0) is 55.9 Å². The summed E-state index contributed by atoms with van der Waals surface area (Å²) in [5.41, 5.74) is 8.01. The number of anilines is 1. The Hall–Kier alpha value is -1.11. The lowest BCUT2D eigenvalue weighted by Gasteiger charge is -2.30. The van der Waals surface area contributed by atoms with E-state index in [0.29, 0.717) is 0 Å². The summed E-state index contributed by atoms with van der Waals surface area (Å²) in [5.74, 6) is -0.0127. The summed E-state index contributed by atoms with van der Waals surface area (Å²) in [7, 11) is -3.66. The zero-order valence-corrected chi connectivity index (χ0v) is 13.4. The molecule has 5 nitrogen and oxygen atoms in total. The van der Waals surface area contributed by atoms with E-state index in [1.165, 1.54) is 0 Å². The van der Waals surface area contributed by atoms with E-state index in [0.717, 1.165) is 36.8 Å². The minimum Gasteiger partial charge on any atom is -0.398 e. The van der Waals surface area contributed by atoms with E-state index in [2.05, 4.69) is 4.72 Å². The van der Waals surface area contributed by atoms with Gasteiger partial charge in [0.05, 0.1) is 5.69 Å². The summed E-state index contributed by atoms with van der Waals surface area (Å²) in [6, 6.07) is 3.09. The van der Waals surface area contributed by atoms with E-state index in [-0.39, 0.29) is 29.1 Å². The van der Waals surface area contributed by atoms with Gasteiger partial charge < -0.3 is 10.8 Å². The lowest BCUT2D eigenvalue weighted by molar-refractivity contribution is 0.164. The number of aliphatic hydroxyl groups excluding tert-OH is 1. The molecule has 6 heteroatoms. The Kier molecular flexibility index (Phi) is 4.91. The summed E-state index contributed by atoms with van der Waals surface area (Å²) in [6.07, 6.45) is 3.63. The average molecular weight is 312 g/mol. The third-order valence-corrected chi connectivity index (χ3v) is 5.91. The highest BCUT2D eigenvalue weighted by atomic mass is 32.2. The van der Waals surface area contributed by atoms with E-state index in [1.807, 2.05) is 13.8 Å². The summed E-state index contributed by atoms with van der Waals surface area (Å²) in [4.78, 5) is 0.132. The molecule has 0 aromatic heterocycles. The van der Waals surface area contributed by atoms with Gasteiger partial charge >= 0.3 is 0 Å². The largest absolute Gasteiger partial charge is 0.398 e. The molecule has 1 fully saturated rings. The maximum absolute atomic E-state index is 12.6. The molecular formula is C15H24N2O3S. The van der Waals surface area contributed by atoms with Crippen molar-refractivity contribution in [3.8, 4) is 0 Å². The number of aliphatic hydroxyl groups is 1. The minimum absolute atomic E-state index is 0.00952. The van der Waals surface area contributed by atoms with Crippen LogP contribution < -0.4 is 10.5 Å². The van der Waals surface area contributed by atoms with Gasteiger partial charge in [0.1, 0.15) is 4.90 Å². The highest BCUT2D eigenvalue weighted by molar-refractivity contribution is 7.89. The molecule has 1 saturated carbocycles. The summed E-state index contributed by atoms with van der Waals surface area (Å²) >= 11 is 0. The summed E-state index contributed by atoms with van der Waals surface area (Å²) < 4.78 is 27.9. The van der Waals surface area contributed by atoms with Gasteiger partial charge in [-0.15, -0.1) is 0 Å².